The van der Waals surface area contributed by atoms with Gasteiger partial charge in [-0.3, -0.25) is 0 Å². The highest BCUT2D eigenvalue weighted by molar-refractivity contribution is 5.89. The Labute approximate surface area is 167 Å². The fraction of sp³-hybridized carbons (Fsp3) is 0.435. The van der Waals surface area contributed by atoms with Crippen molar-refractivity contribution in [2.45, 2.75) is 58.5 Å². The molecule has 0 aromatic heterocycles. The molecule has 0 amide bonds. The lowest BCUT2D eigenvalue weighted by molar-refractivity contribution is -0.151. The first-order chi connectivity index (χ1) is 13.3. The van der Waals surface area contributed by atoms with Crippen LogP contribution in [0.5, 0.6) is 5.75 Å². The van der Waals surface area contributed by atoms with E-state index in [0.29, 0.717) is 5.56 Å². The summed E-state index contributed by atoms with van der Waals surface area (Å²) in [6, 6.07) is 14.9. The number of carbonyl (C=O) groups is 1. The van der Waals surface area contributed by atoms with Crippen LogP contribution in [0.4, 0.5) is 5.69 Å². The van der Waals surface area contributed by atoms with E-state index in [0.717, 1.165) is 23.5 Å². The van der Waals surface area contributed by atoms with Gasteiger partial charge in [-0.15, -0.1) is 0 Å². The lowest BCUT2D eigenvalue weighted by atomic mass is 9.87. The van der Waals surface area contributed by atoms with E-state index in [2.05, 4.69) is 5.32 Å². The van der Waals surface area contributed by atoms with Crippen molar-refractivity contribution in [3.05, 3.63) is 59.7 Å². The molecule has 2 atom stereocenters. The van der Waals surface area contributed by atoms with Crippen LogP contribution in [-0.4, -0.2) is 30.3 Å². The first kappa shape index (κ1) is 20.2. The predicted octanol–water partition coefficient (Wildman–Crippen LogP) is 4.98. The van der Waals surface area contributed by atoms with Gasteiger partial charge in [-0.05, 0) is 65.0 Å². The van der Waals surface area contributed by atoms with Gasteiger partial charge >= 0.3 is 5.97 Å². The summed E-state index contributed by atoms with van der Waals surface area (Å²) in [7, 11) is 0. The second-order valence-electron chi connectivity index (χ2n) is 7.79. The van der Waals surface area contributed by atoms with Crippen molar-refractivity contribution in [2.24, 2.45) is 0 Å². The van der Waals surface area contributed by atoms with Crippen LogP contribution < -0.4 is 10.1 Å². The Morgan fingerprint density at radius 1 is 1.18 bits per heavy atom. The van der Waals surface area contributed by atoms with Gasteiger partial charge in [0.1, 0.15) is 17.5 Å². The number of hydrogen-bond acceptors (Lipinski definition) is 5. The number of anilines is 1. The molecule has 2 aromatic carbocycles. The standard InChI is InChI=1S/C23H29NO4/c1-6-24-17-12-13-19-18(14-17)20(26-15(2)3)21(23(4,5)28-19)27-22(25)16-10-8-7-9-11-16/h7-15,20-21,24H,6H2,1-5H3. The van der Waals surface area contributed by atoms with Gasteiger partial charge in [-0.1, -0.05) is 18.2 Å². The topological polar surface area (TPSA) is 56.8 Å². The zero-order valence-electron chi connectivity index (χ0n) is 17.2. The molecule has 1 aliphatic heterocycles. The summed E-state index contributed by atoms with van der Waals surface area (Å²) in [5, 5.41) is 3.31. The van der Waals surface area contributed by atoms with Crippen LogP contribution >= 0.6 is 0 Å². The molecular formula is C23H29NO4. The molecular weight excluding hydrogens is 354 g/mol. The molecule has 0 radical (unpaired) electrons. The molecule has 1 aliphatic rings. The Kier molecular flexibility index (Phi) is 5.94. The minimum absolute atomic E-state index is 0.0348. The lowest BCUT2D eigenvalue weighted by Crippen LogP contribution is -2.52. The summed E-state index contributed by atoms with van der Waals surface area (Å²) in [6.45, 7) is 10.7. The Hall–Kier alpha value is -2.53. The number of esters is 1. The molecule has 5 heteroatoms. The zero-order chi connectivity index (χ0) is 20.3. The summed E-state index contributed by atoms with van der Waals surface area (Å²) in [6.07, 6.45) is -1.05. The fourth-order valence-corrected chi connectivity index (χ4v) is 3.45. The van der Waals surface area contributed by atoms with Gasteiger partial charge in [0, 0.05) is 17.8 Å². The van der Waals surface area contributed by atoms with Crippen LogP contribution in [0.15, 0.2) is 48.5 Å². The number of fused-ring (bicyclic) bond motifs is 1. The van der Waals surface area contributed by atoms with Crippen LogP contribution in [-0.2, 0) is 9.47 Å². The van der Waals surface area contributed by atoms with E-state index in [4.69, 9.17) is 14.2 Å². The number of rotatable bonds is 6. The second kappa shape index (κ2) is 8.23. The number of carbonyl (C=O) groups excluding carboxylic acids is 1. The van der Waals surface area contributed by atoms with E-state index in [1.54, 1.807) is 12.1 Å². The third-order valence-electron chi connectivity index (χ3n) is 4.69. The van der Waals surface area contributed by atoms with Crippen molar-refractivity contribution in [1.29, 1.82) is 0 Å². The van der Waals surface area contributed by atoms with E-state index in [1.807, 2.05) is 71.0 Å². The maximum Gasteiger partial charge on any atom is 0.338 e. The van der Waals surface area contributed by atoms with Crippen LogP contribution in [0, 0.1) is 0 Å². The quantitative estimate of drug-likeness (QED) is 0.713. The van der Waals surface area contributed by atoms with Gasteiger partial charge in [0.15, 0.2) is 6.10 Å². The van der Waals surface area contributed by atoms with Gasteiger partial charge < -0.3 is 19.5 Å². The fourth-order valence-electron chi connectivity index (χ4n) is 3.45. The molecule has 0 fully saturated rings. The normalized spacial score (nSPS) is 20.2. The van der Waals surface area contributed by atoms with Crippen molar-refractivity contribution in [1.82, 2.24) is 0 Å². The number of nitrogens with one attached hydrogen (secondary N) is 1. The van der Waals surface area contributed by atoms with Gasteiger partial charge in [-0.25, -0.2) is 4.79 Å². The average molecular weight is 383 g/mol. The van der Waals surface area contributed by atoms with E-state index in [-0.39, 0.29) is 12.1 Å². The molecule has 0 aliphatic carbocycles. The van der Waals surface area contributed by atoms with Crippen molar-refractivity contribution in [2.75, 3.05) is 11.9 Å². The smallest absolute Gasteiger partial charge is 0.338 e. The summed E-state index contributed by atoms with van der Waals surface area (Å²) in [4.78, 5) is 12.8. The van der Waals surface area contributed by atoms with E-state index < -0.39 is 17.8 Å². The minimum Gasteiger partial charge on any atom is -0.483 e. The van der Waals surface area contributed by atoms with Gasteiger partial charge in [0.2, 0.25) is 0 Å². The summed E-state index contributed by atoms with van der Waals surface area (Å²) in [5.74, 6) is 0.371. The van der Waals surface area contributed by atoms with Gasteiger partial charge in [0.25, 0.3) is 0 Å². The number of ether oxygens (including phenoxy) is 3. The average Bonchev–Trinajstić information content (AvgIpc) is 2.65. The highest BCUT2D eigenvalue weighted by Gasteiger charge is 2.48. The lowest BCUT2D eigenvalue weighted by Gasteiger charge is -2.44. The molecule has 150 valence electrons. The van der Waals surface area contributed by atoms with Crippen LogP contribution in [0.3, 0.4) is 0 Å². The highest BCUT2D eigenvalue weighted by Crippen LogP contribution is 2.45. The molecule has 2 aromatic rings. The largest absolute Gasteiger partial charge is 0.483 e. The Balaban J connectivity index is 1.98. The van der Waals surface area contributed by atoms with Crippen LogP contribution in [0.2, 0.25) is 0 Å². The molecule has 0 spiro atoms. The van der Waals surface area contributed by atoms with Gasteiger partial charge in [-0.2, -0.15) is 0 Å². The number of benzene rings is 2. The highest BCUT2D eigenvalue weighted by atomic mass is 16.6. The van der Waals surface area contributed by atoms with Crippen LogP contribution in [0.25, 0.3) is 0 Å². The first-order valence-electron chi connectivity index (χ1n) is 9.80. The maximum atomic E-state index is 12.8. The van der Waals surface area contributed by atoms with Crippen LogP contribution in [0.1, 0.15) is 56.6 Å². The third kappa shape index (κ3) is 4.30. The molecule has 28 heavy (non-hydrogen) atoms. The van der Waals surface area contributed by atoms with Crippen molar-refractivity contribution in [3.63, 3.8) is 0 Å². The minimum atomic E-state index is -0.739. The van der Waals surface area contributed by atoms with Crippen molar-refractivity contribution >= 4 is 11.7 Å². The summed E-state index contributed by atoms with van der Waals surface area (Å²) in [5.41, 5.74) is 1.64. The molecule has 0 saturated heterocycles. The van der Waals surface area contributed by atoms with Crippen molar-refractivity contribution in [3.8, 4) is 5.75 Å². The monoisotopic (exact) mass is 383 g/mol. The summed E-state index contributed by atoms with van der Waals surface area (Å²) >= 11 is 0. The summed E-state index contributed by atoms with van der Waals surface area (Å²) < 4.78 is 18.4. The molecule has 1 N–H and O–H groups in total. The Bertz CT molecular complexity index is 817. The molecule has 1 heterocycles. The third-order valence-corrected chi connectivity index (χ3v) is 4.69. The molecule has 5 nitrogen and oxygen atoms in total. The Morgan fingerprint density at radius 2 is 1.89 bits per heavy atom. The number of hydrogen-bond donors (Lipinski definition) is 1. The van der Waals surface area contributed by atoms with E-state index in [9.17, 15) is 4.79 Å². The Morgan fingerprint density at radius 3 is 2.54 bits per heavy atom. The zero-order valence-corrected chi connectivity index (χ0v) is 17.2. The predicted molar refractivity (Wildman–Crippen MR) is 110 cm³/mol. The molecule has 0 bridgehead atoms. The SMILES string of the molecule is CCNc1ccc2c(c1)C(OC(C)C)C(OC(=O)c1ccccc1)C(C)(C)O2. The molecule has 3 rings (SSSR count). The van der Waals surface area contributed by atoms with E-state index in [1.165, 1.54) is 0 Å². The maximum absolute atomic E-state index is 12.8. The first-order valence-corrected chi connectivity index (χ1v) is 9.80. The molecule has 0 saturated carbocycles. The second-order valence-corrected chi connectivity index (χ2v) is 7.79. The molecule has 2 unspecified atom stereocenters. The van der Waals surface area contributed by atoms with Crippen molar-refractivity contribution < 1.29 is 19.0 Å². The van der Waals surface area contributed by atoms with E-state index >= 15 is 0 Å². The van der Waals surface area contributed by atoms with Gasteiger partial charge in [0.05, 0.1) is 11.7 Å².